The molecule has 0 saturated carbocycles. The second-order valence-corrected chi connectivity index (χ2v) is 7.84. The summed E-state index contributed by atoms with van der Waals surface area (Å²) in [7, 11) is -2.16. The predicted octanol–water partition coefficient (Wildman–Crippen LogP) is 4.84. The van der Waals surface area contributed by atoms with Crippen LogP contribution in [0.2, 0.25) is 0 Å². The normalized spacial score (nSPS) is 11.7. The molecule has 0 fully saturated rings. The van der Waals surface area contributed by atoms with E-state index >= 15 is 0 Å². The van der Waals surface area contributed by atoms with Crippen LogP contribution >= 0.6 is 8.03 Å². The third-order valence-electron chi connectivity index (χ3n) is 4.32. The molecule has 2 rings (SSSR count). The molecule has 0 amide bonds. The number of ether oxygens (including phenoxy) is 1. The summed E-state index contributed by atoms with van der Waals surface area (Å²) in [6, 6.07) is 9.74. The summed E-state index contributed by atoms with van der Waals surface area (Å²) in [4.78, 5) is 8.84. The molecule has 1 unspecified atom stereocenters. The molecule has 0 aromatic heterocycles. The lowest BCUT2D eigenvalue weighted by Gasteiger charge is -2.15. The van der Waals surface area contributed by atoms with Crippen LogP contribution in [0.4, 0.5) is 0 Å². The molecule has 0 heterocycles. The van der Waals surface area contributed by atoms with Crippen LogP contribution in [0, 0.1) is 13.8 Å². The molecule has 1 atom stereocenters. The van der Waals surface area contributed by atoms with Crippen molar-refractivity contribution in [2.75, 3.05) is 12.8 Å². The van der Waals surface area contributed by atoms with Crippen molar-refractivity contribution < 1.29 is 19.3 Å². The first-order chi connectivity index (χ1) is 11.8. The van der Waals surface area contributed by atoms with Gasteiger partial charge in [0.05, 0.1) is 0 Å². The summed E-state index contributed by atoms with van der Waals surface area (Å²) >= 11 is 0. The Balaban J connectivity index is 2.20. The van der Waals surface area contributed by atoms with Gasteiger partial charge < -0.3 is 9.84 Å². The minimum atomic E-state index is -2.16. The van der Waals surface area contributed by atoms with Crippen LogP contribution in [0.5, 0.6) is 11.5 Å². The average molecular weight is 361 g/mol. The second kappa shape index (κ2) is 8.46. The van der Waals surface area contributed by atoms with Gasteiger partial charge in [-0.1, -0.05) is 26.0 Å². The highest BCUT2D eigenvalue weighted by Gasteiger charge is 2.13. The van der Waals surface area contributed by atoms with Crippen LogP contribution in [0.25, 0.3) is 0 Å². The highest BCUT2D eigenvalue weighted by atomic mass is 31.1. The SMILES string of the molecule is Cc1cc(OCC[P+](=O)O)cc(C)c1Cc1ccc(O)c(C(C)C)c1. The molecule has 2 aromatic rings. The molecule has 2 aromatic carbocycles. The van der Waals surface area contributed by atoms with Crippen molar-refractivity contribution in [3.63, 3.8) is 0 Å². The van der Waals surface area contributed by atoms with E-state index in [1.165, 1.54) is 11.1 Å². The highest BCUT2D eigenvalue weighted by molar-refractivity contribution is 7.38. The van der Waals surface area contributed by atoms with Crippen molar-refractivity contribution in [2.45, 2.75) is 40.0 Å². The molecule has 4 nitrogen and oxygen atoms in total. The van der Waals surface area contributed by atoms with Crippen LogP contribution in [0.15, 0.2) is 30.3 Å². The zero-order chi connectivity index (χ0) is 18.6. The molecule has 0 aliphatic heterocycles. The first-order valence-corrected chi connectivity index (χ1v) is 9.86. The Kier molecular flexibility index (Phi) is 6.57. The maximum atomic E-state index is 10.7. The van der Waals surface area contributed by atoms with E-state index in [0.29, 0.717) is 5.75 Å². The molecule has 0 saturated heterocycles. The van der Waals surface area contributed by atoms with Gasteiger partial charge in [0.1, 0.15) is 18.1 Å². The number of phenols is 1. The molecule has 0 aliphatic rings. The van der Waals surface area contributed by atoms with Crippen LogP contribution in [-0.4, -0.2) is 22.8 Å². The fourth-order valence-corrected chi connectivity index (χ4v) is 3.19. The van der Waals surface area contributed by atoms with E-state index in [2.05, 4.69) is 19.9 Å². The highest BCUT2D eigenvalue weighted by Crippen LogP contribution is 2.29. The number of phenolic OH excluding ortho intramolecular Hbond substituents is 1. The largest absolute Gasteiger partial charge is 0.509 e. The molecule has 0 radical (unpaired) electrons. The van der Waals surface area contributed by atoms with Crippen LogP contribution in [0.3, 0.4) is 0 Å². The smallest absolute Gasteiger partial charge is 0.508 e. The van der Waals surface area contributed by atoms with Gasteiger partial charge in [-0.2, -0.15) is 4.89 Å². The number of aryl methyl sites for hydroxylation is 2. The maximum absolute atomic E-state index is 10.7. The van der Waals surface area contributed by atoms with Gasteiger partial charge in [0, 0.05) is 0 Å². The molecule has 0 spiro atoms. The Labute approximate surface area is 150 Å². The summed E-state index contributed by atoms with van der Waals surface area (Å²) in [5.41, 5.74) is 5.62. The predicted molar refractivity (Wildman–Crippen MR) is 101 cm³/mol. The molecule has 5 heteroatoms. The number of benzene rings is 2. The van der Waals surface area contributed by atoms with Crippen LogP contribution in [-0.2, 0) is 11.0 Å². The second-order valence-electron chi connectivity index (χ2n) is 6.68. The van der Waals surface area contributed by atoms with E-state index in [4.69, 9.17) is 9.63 Å². The Morgan fingerprint density at radius 3 is 2.32 bits per heavy atom. The van der Waals surface area contributed by atoms with Crippen molar-refractivity contribution in [1.82, 2.24) is 0 Å². The third-order valence-corrected chi connectivity index (χ3v) is 4.88. The topological polar surface area (TPSA) is 66.8 Å². The fraction of sp³-hybridized carbons (Fsp3) is 0.400. The lowest BCUT2D eigenvalue weighted by Crippen LogP contribution is -2.03. The van der Waals surface area contributed by atoms with Crippen LogP contribution in [0.1, 0.15) is 47.6 Å². The van der Waals surface area contributed by atoms with E-state index < -0.39 is 8.03 Å². The van der Waals surface area contributed by atoms with E-state index in [1.807, 2.05) is 32.0 Å². The van der Waals surface area contributed by atoms with Crippen molar-refractivity contribution >= 4 is 8.03 Å². The first kappa shape index (κ1) is 19.4. The summed E-state index contributed by atoms with van der Waals surface area (Å²) in [5.74, 6) is 1.35. The molecule has 2 N–H and O–H groups in total. The summed E-state index contributed by atoms with van der Waals surface area (Å²) in [5, 5.41) is 9.98. The molecular weight excluding hydrogens is 335 g/mol. The number of hydrogen-bond donors (Lipinski definition) is 2. The summed E-state index contributed by atoms with van der Waals surface area (Å²) in [6.07, 6.45) is 0.932. The van der Waals surface area contributed by atoms with Gasteiger partial charge >= 0.3 is 8.03 Å². The lowest BCUT2D eigenvalue weighted by atomic mass is 9.93. The van der Waals surface area contributed by atoms with E-state index in [9.17, 15) is 9.67 Å². The standard InChI is InChI=1S/C20H25O4P/c1-13(2)18-11-16(5-6-20(18)21)12-19-14(3)9-17(10-15(19)4)24-7-8-25(22)23/h5-6,9-11,13H,7-8,12H2,1-4H3,(H-,21,22,23)/p+1. The lowest BCUT2D eigenvalue weighted by molar-refractivity contribution is 0.337. The minimum Gasteiger partial charge on any atom is -0.508 e. The molecular formula is C20H26O4P+. The number of rotatable bonds is 7. The summed E-state index contributed by atoms with van der Waals surface area (Å²) < 4.78 is 16.3. The quantitative estimate of drug-likeness (QED) is 0.693. The summed E-state index contributed by atoms with van der Waals surface area (Å²) in [6.45, 7) is 8.47. The Hall–Kier alpha value is -1.90. The van der Waals surface area contributed by atoms with Gasteiger partial charge in [-0.25, -0.2) is 0 Å². The van der Waals surface area contributed by atoms with Crippen molar-refractivity contribution in [2.24, 2.45) is 0 Å². The van der Waals surface area contributed by atoms with Gasteiger partial charge in [0.2, 0.25) is 6.16 Å². The van der Waals surface area contributed by atoms with Gasteiger partial charge in [0.15, 0.2) is 0 Å². The van der Waals surface area contributed by atoms with Gasteiger partial charge in [0.25, 0.3) is 0 Å². The molecule has 25 heavy (non-hydrogen) atoms. The van der Waals surface area contributed by atoms with Gasteiger partial charge in [-0.15, -0.1) is 0 Å². The van der Waals surface area contributed by atoms with Crippen LogP contribution < -0.4 is 4.74 Å². The molecule has 0 bridgehead atoms. The fourth-order valence-electron chi connectivity index (χ4n) is 2.94. The first-order valence-electron chi connectivity index (χ1n) is 8.46. The van der Waals surface area contributed by atoms with Crippen molar-refractivity contribution in [1.29, 1.82) is 0 Å². The third kappa shape index (κ3) is 5.29. The van der Waals surface area contributed by atoms with Gasteiger partial charge in [-0.05, 0) is 76.8 Å². The van der Waals surface area contributed by atoms with Crippen molar-refractivity contribution in [3.8, 4) is 11.5 Å². The Morgan fingerprint density at radius 2 is 1.76 bits per heavy atom. The van der Waals surface area contributed by atoms with Crippen molar-refractivity contribution in [3.05, 3.63) is 58.1 Å². The molecule has 0 aliphatic carbocycles. The zero-order valence-electron chi connectivity index (χ0n) is 15.2. The monoisotopic (exact) mass is 361 g/mol. The Bertz CT molecular complexity index is 745. The van der Waals surface area contributed by atoms with E-state index in [-0.39, 0.29) is 18.7 Å². The maximum Gasteiger partial charge on any atom is 0.509 e. The Morgan fingerprint density at radius 1 is 1.12 bits per heavy atom. The van der Waals surface area contributed by atoms with Gasteiger partial charge in [-0.3, -0.25) is 0 Å². The number of hydrogen-bond acceptors (Lipinski definition) is 3. The zero-order valence-corrected chi connectivity index (χ0v) is 16.1. The van der Waals surface area contributed by atoms with E-state index in [1.54, 1.807) is 6.07 Å². The molecule has 134 valence electrons. The average Bonchev–Trinajstić information content (AvgIpc) is 2.51. The number of aromatic hydroxyl groups is 1. The minimum absolute atomic E-state index is 0.140. The van der Waals surface area contributed by atoms with E-state index in [0.717, 1.165) is 28.9 Å².